The normalized spacial score (nSPS) is 13.7. The Bertz CT molecular complexity index is 826. The third-order valence-corrected chi connectivity index (χ3v) is 6.02. The van der Waals surface area contributed by atoms with Gasteiger partial charge >= 0.3 is 11.9 Å². The molecule has 35 heavy (non-hydrogen) atoms. The Balaban J connectivity index is 2.92. The number of carbonyl (C=O) groups excluding carboxylic acids is 2. The van der Waals surface area contributed by atoms with Gasteiger partial charge in [-0.15, -0.1) is 11.8 Å². The molecule has 8 nitrogen and oxygen atoms in total. The standard InChI is InChI=1S/C26H42O8S/c1-9-17(27)12-32-21-10-20(26(5,6)7)22(11-19(21)25(2,3)4)33-13-18(28)14-34-24(30)16-35-15-23(29)31-8/h10-11,17-18,27-28H,9,12-16H2,1-8H3. The van der Waals surface area contributed by atoms with Gasteiger partial charge < -0.3 is 29.2 Å². The predicted octanol–water partition coefficient (Wildman–Crippen LogP) is 3.62. The average molecular weight is 515 g/mol. The SMILES string of the molecule is CCC(O)COc1cc(C(C)(C)C)c(OCC(O)COC(=O)CSCC(=O)OC)cc1C(C)(C)C. The van der Waals surface area contributed by atoms with Gasteiger partial charge in [0, 0.05) is 11.1 Å². The second-order valence-corrected chi connectivity index (χ2v) is 11.4. The molecule has 0 heterocycles. The van der Waals surface area contributed by atoms with Gasteiger partial charge in [0.25, 0.3) is 0 Å². The minimum absolute atomic E-state index is 0.0139. The van der Waals surface area contributed by atoms with Crippen LogP contribution in [0.15, 0.2) is 12.1 Å². The van der Waals surface area contributed by atoms with E-state index in [1.54, 1.807) is 0 Å². The molecule has 0 saturated carbocycles. The van der Waals surface area contributed by atoms with Gasteiger partial charge in [-0.25, -0.2) is 0 Å². The summed E-state index contributed by atoms with van der Waals surface area (Å²) in [5, 5.41) is 20.3. The monoisotopic (exact) mass is 514 g/mol. The first-order valence-electron chi connectivity index (χ1n) is 11.8. The summed E-state index contributed by atoms with van der Waals surface area (Å²) in [4.78, 5) is 22.9. The van der Waals surface area contributed by atoms with Crippen LogP contribution in [0.1, 0.15) is 66.0 Å². The summed E-state index contributed by atoms with van der Waals surface area (Å²) in [6.07, 6.45) is -0.968. The van der Waals surface area contributed by atoms with Gasteiger partial charge in [0.1, 0.15) is 37.4 Å². The van der Waals surface area contributed by atoms with Crippen LogP contribution in [-0.4, -0.2) is 72.8 Å². The Labute approximate surface area is 213 Å². The zero-order chi connectivity index (χ0) is 26.8. The zero-order valence-corrected chi connectivity index (χ0v) is 23.1. The molecule has 0 aliphatic heterocycles. The summed E-state index contributed by atoms with van der Waals surface area (Å²) in [5.41, 5.74) is 1.29. The number of methoxy groups -OCH3 is 1. The molecule has 2 atom stereocenters. The lowest BCUT2D eigenvalue weighted by molar-refractivity contribution is -0.143. The van der Waals surface area contributed by atoms with E-state index in [9.17, 15) is 19.8 Å². The molecule has 0 aliphatic rings. The number of ether oxygens (including phenoxy) is 4. The summed E-state index contributed by atoms with van der Waals surface area (Å²) in [7, 11) is 1.28. The highest BCUT2D eigenvalue weighted by atomic mass is 32.2. The lowest BCUT2D eigenvalue weighted by atomic mass is 9.81. The minimum Gasteiger partial charge on any atom is -0.491 e. The molecule has 200 valence electrons. The van der Waals surface area contributed by atoms with Crippen molar-refractivity contribution in [2.45, 2.75) is 77.9 Å². The van der Waals surface area contributed by atoms with Crippen LogP contribution in [-0.2, 0) is 29.9 Å². The first kappa shape index (κ1) is 31.1. The van der Waals surface area contributed by atoms with Crippen LogP contribution in [0.4, 0.5) is 0 Å². The van der Waals surface area contributed by atoms with E-state index in [1.807, 2.05) is 19.1 Å². The molecule has 0 bridgehead atoms. The molecule has 0 spiro atoms. The molecule has 1 rings (SSSR count). The van der Waals surface area contributed by atoms with E-state index < -0.39 is 24.1 Å². The van der Waals surface area contributed by atoms with Crippen molar-refractivity contribution in [2.75, 3.05) is 38.4 Å². The molecule has 0 fully saturated rings. The van der Waals surface area contributed by atoms with E-state index in [0.717, 1.165) is 22.9 Å². The highest BCUT2D eigenvalue weighted by molar-refractivity contribution is 8.00. The molecular formula is C26H42O8S. The van der Waals surface area contributed by atoms with E-state index in [4.69, 9.17) is 14.2 Å². The molecule has 0 aromatic heterocycles. The van der Waals surface area contributed by atoms with Crippen molar-refractivity contribution < 1.29 is 38.7 Å². The highest BCUT2D eigenvalue weighted by Crippen LogP contribution is 2.41. The van der Waals surface area contributed by atoms with Crippen molar-refractivity contribution in [3.8, 4) is 11.5 Å². The van der Waals surface area contributed by atoms with Crippen molar-refractivity contribution in [1.82, 2.24) is 0 Å². The maximum atomic E-state index is 11.8. The number of hydrogen-bond donors (Lipinski definition) is 2. The third-order valence-electron chi connectivity index (χ3n) is 5.14. The summed E-state index contributed by atoms with van der Waals surface area (Å²) < 4.78 is 21.6. The molecule has 0 saturated heterocycles. The minimum atomic E-state index is -1.02. The van der Waals surface area contributed by atoms with Gasteiger partial charge in [0.2, 0.25) is 0 Å². The number of aliphatic hydroxyl groups excluding tert-OH is 2. The number of rotatable bonds is 13. The fraction of sp³-hybridized carbons (Fsp3) is 0.692. The number of carbonyl (C=O) groups is 2. The Morgan fingerprint density at radius 2 is 1.29 bits per heavy atom. The third kappa shape index (κ3) is 11.1. The Kier molecular flexibility index (Phi) is 12.4. The lowest BCUT2D eigenvalue weighted by Gasteiger charge is -2.29. The molecule has 2 N–H and O–H groups in total. The van der Waals surface area contributed by atoms with Crippen molar-refractivity contribution in [1.29, 1.82) is 0 Å². The Morgan fingerprint density at radius 1 is 0.829 bits per heavy atom. The smallest absolute Gasteiger partial charge is 0.316 e. The van der Waals surface area contributed by atoms with Gasteiger partial charge in [-0.05, 0) is 29.4 Å². The number of thioether (sulfide) groups is 1. The van der Waals surface area contributed by atoms with Crippen LogP contribution in [0.2, 0.25) is 0 Å². The molecule has 9 heteroatoms. The summed E-state index contributed by atoms with van der Waals surface area (Å²) in [5.74, 6) is 0.406. The van der Waals surface area contributed by atoms with E-state index in [0.29, 0.717) is 17.9 Å². The number of esters is 2. The average Bonchev–Trinajstić information content (AvgIpc) is 2.78. The van der Waals surface area contributed by atoms with Gasteiger partial charge in [0.05, 0.1) is 24.7 Å². The predicted molar refractivity (Wildman–Crippen MR) is 137 cm³/mol. The molecule has 0 radical (unpaired) electrons. The van der Waals surface area contributed by atoms with Crippen LogP contribution < -0.4 is 9.47 Å². The number of hydrogen-bond acceptors (Lipinski definition) is 9. The fourth-order valence-electron chi connectivity index (χ4n) is 3.02. The maximum Gasteiger partial charge on any atom is 0.316 e. The van der Waals surface area contributed by atoms with Crippen molar-refractivity contribution in [2.24, 2.45) is 0 Å². The second kappa shape index (κ2) is 13.9. The molecule has 0 amide bonds. The van der Waals surface area contributed by atoms with Crippen LogP contribution in [0, 0.1) is 0 Å². The van der Waals surface area contributed by atoms with Gasteiger partial charge in [-0.1, -0.05) is 48.5 Å². The second-order valence-electron chi connectivity index (χ2n) is 10.4. The van der Waals surface area contributed by atoms with Crippen LogP contribution >= 0.6 is 11.8 Å². The summed E-state index contributed by atoms with van der Waals surface area (Å²) in [6.45, 7) is 14.2. The fourth-order valence-corrected chi connectivity index (χ4v) is 3.65. The lowest BCUT2D eigenvalue weighted by Crippen LogP contribution is -2.27. The van der Waals surface area contributed by atoms with Gasteiger partial charge in [0.15, 0.2) is 0 Å². The molecular weight excluding hydrogens is 472 g/mol. The van der Waals surface area contributed by atoms with Crippen molar-refractivity contribution >= 4 is 23.7 Å². The van der Waals surface area contributed by atoms with Crippen LogP contribution in [0.5, 0.6) is 11.5 Å². The summed E-state index contributed by atoms with van der Waals surface area (Å²) in [6, 6.07) is 3.87. The van der Waals surface area contributed by atoms with E-state index >= 15 is 0 Å². The van der Waals surface area contributed by atoms with Crippen LogP contribution in [0.25, 0.3) is 0 Å². The topological polar surface area (TPSA) is 112 Å². The molecule has 0 aliphatic carbocycles. The number of benzene rings is 1. The van der Waals surface area contributed by atoms with Gasteiger partial charge in [-0.2, -0.15) is 0 Å². The summed E-state index contributed by atoms with van der Waals surface area (Å²) >= 11 is 1.08. The van der Waals surface area contributed by atoms with E-state index in [1.165, 1.54) is 7.11 Å². The van der Waals surface area contributed by atoms with Crippen molar-refractivity contribution in [3.63, 3.8) is 0 Å². The Hall–Kier alpha value is -1.97. The molecule has 2 unspecified atom stereocenters. The zero-order valence-electron chi connectivity index (χ0n) is 22.3. The molecule has 1 aromatic carbocycles. The maximum absolute atomic E-state index is 11.8. The van der Waals surface area contributed by atoms with Crippen LogP contribution in [0.3, 0.4) is 0 Å². The van der Waals surface area contributed by atoms with E-state index in [2.05, 4.69) is 46.3 Å². The van der Waals surface area contributed by atoms with Crippen molar-refractivity contribution in [3.05, 3.63) is 23.3 Å². The first-order valence-corrected chi connectivity index (χ1v) is 12.9. The van der Waals surface area contributed by atoms with Gasteiger partial charge in [-0.3, -0.25) is 9.59 Å². The largest absolute Gasteiger partial charge is 0.491 e. The quantitative estimate of drug-likeness (QED) is 0.381. The highest BCUT2D eigenvalue weighted by Gasteiger charge is 2.27. The van der Waals surface area contributed by atoms with E-state index in [-0.39, 0.29) is 42.2 Å². The first-order chi connectivity index (χ1) is 16.2. The molecule has 1 aromatic rings. The number of aliphatic hydroxyl groups is 2. The Morgan fingerprint density at radius 3 is 1.71 bits per heavy atom.